The Labute approximate surface area is 119 Å². The highest BCUT2D eigenvalue weighted by Gasteiger charge is 2.41. The van der Waals surface area contributed by atoms with E-state index in [0.29, 0.717) is 12.1 Å². The predicted molar refractivity (Wildman–Crippen MR) is 66.9 cm³/mol. The molecule has 1 aromatic rings. The highest BCUT2D eigenvalue weighted by molar-refractivity contribution is 7.89. The van der Waals surface area contributed by atoms with Gasteiger partial charge in [0.1, 0.15) is 5.60 Å². The fourth-order valence-corrected chi connectivity index (χ4v) is 3.64. The predicted octanol–water partition coefficient (Wildman–Crippen LogP) is 0.823. The Hall–Kier alpha value is -1.16. The second kappa shape index (κ2) is 5.24. The zero-order valence-corrected chi connectivity index (χ0v) is 11.7. The smallest absolute Gasteiger partial charge is 0.393 e. The van der Waals surface area contributed by atoms with Crippen molar-refractivity contribution < 1.29 is 31.8 Å². The Morgan fingerprint density at radius 3 is 2.24 bits per heavy atom. The number of nitrogens with zero attached hydrogens (tertiary/aromatic N) is 1. The molecule has 118 valence electrons. The molecule has 0 amide bonds. The van der Waals surface area contributed by atoms with Crippen molar-refractivity contribution in [3.8, 4) is 0 Å². The number of aliphatic hydroxyl groups is 2. The van der Waals surface area contributed by atoms with Gasteiger partial charge >= 0.3 is 6.18 Å². The molecule has 1 unspecified atom stereocenters. The van der Waals surface area contributed by atoms with Gasteiger partial charge in [-0.2, -0.15) is 17.5 Å². The monoisotopic (exact) mass is 325 g/mol. The van der Waals surface area contributed by atoms with E-state index in [2.05, 4.69) is 0 Å². The molecule has 0 spiro atoms. The van der Waals surface area contributed by atoms with Gasteiger partial charge in [0.05, 0.1) is 17.1 Å². The first-order chi connectivity index (χ1) is 9.58. The quantitative estimate of drug-likeness (QED) is 0.863. The van der Waals surface area contributed by atoms with E-state index < -0.39 is 34.0 Å². The summed E-state index contributed by atoms with van der Waals surface area (Å²) in [5, 5.41) is 18.8. The molecule has 2 rings (SSSR count). The van der Waals surface area contributed by atoms with Gasteiger partial charge in [-0.05, 0) is 30.7 Å². The number of β-amino-alcohol motifs (C(OH)–C–C–N with tert-alkyl or cyclic N) is 1. The van der Waals surface area contributed by atoms with Crippen molar-refractivity contribution in [2.75, 3.05) is 19.7 Å². The average molecular weight is 325 g/mol. The van der Waals surface area contributed by atoms with E-state index in [1.54, 1.807) is 0 Å². The molecule has 1 aliphatic rings. The Bertz CT molecular complexity index is 614. The van der Waals surface area contributed by atoms with Gasteiger partial charge in [-0.1, -0.05) is 0 Å². The van der Waals surface area contributed by atoms with Crippen LogP contribution in [0.1, 0.15) is 12.0 Å². The fourth-order valence-electron chi connectivity index (χ4n) is 2.12. The van der Waals surface area contributed by atoms with Crippen molar-refractivity contribution in [1.29, 1.82) is 0 Å². The number of aliphatic hydroxyl groups excluding tert-OH is 1. The third-order valence-electron chi connectivity index (χ3n) is 3.41. The van der Waals surface area contributed by atoms with Gasteiger partial charge in [-0.15, -0.1) is 0 Å². The number of sulfonamides is 1. The molecule has 0 radical (unpaired) electrons. The standard InChI is InChI=1S/C12H14F3NO4S/c13-12(14,15)9-1-3-10(4-2-9)21(19,20)16-6-5-11(18,7-16)8-17/h1-4,17-18H,5-8H2. The van der Waals surface area contributed by atoms with Crippen LogP contribution >= 0.6 is 0 Å². The molecule has 0 aromatic heterocycles. The molecule has 1 atom stereocenters. The Kier molecular flexibility index (Phi) is 4.04. The normalized spacial score (nSPS) is 24.4. The molecular weight excluding hydrogens is 311 g/mol. The number of hydrogen-bond donors (Lipinski definition) is 2. The van der Waals surface area contributed by atoms with E-state index in [1.165, 1.54) is 0 Å². The van der Waals surface area contributed by atoms with Crippen LogP contribution in [0.25, 0.3) is 0 Å². The van der Waals surface area contributed by atoms with Crippen LogP contribution in [-0.4, -0.2) is 48.2 Å². The summed E-state index contributed by atoms with van der Waals surface area (Å²) >= 11 is 0. The van der Waals surface area contributed by atoms with E-state index >= 15 is 0 Å². The van der Waals surface area contributed by atoms with E-state index in [4.69, 9.17) is 5.11 Å². The summed E-state index contributed by atoms with van der Waals surface area (Å²) in [6, 6.07) is 3.16. The number of alkyl halides is 3. The molecule has 0 aliphatic carbocycles. The Balaban J connectivity index is 2.25. The van der Waals surface area contributed by atoms with Crippen molar-refractivity contribution in [2.45, 2.75) is 23.1 Å². The van der Waals surface area contributed by atoms with Crippen molar-refractivity contribution in [1.82, 2.24) is 4.31 Å². The molecule has 1 aromatic carbocycles. The van der Waals surface area contributed by atoms with Crippen LogP contribution in [-0.2, 0) is 16.2 Å². The zero-order valence-electron chi connectivity index (χ0n) is 10.8. The van der Waals surface area contributed by atoms with Gasteiger partial charge in [-0.3, -0.25) is 0 Å². The third kappa shape index (κ3) is 3.20. The lowest BCUT2D eigenvalue weighted by Crippen LogP contribution is -2.38. The highest BCUT2D eigenvalue weighted by Crippen LogP contribution is 2.31. The average Bonchev–Trinajstić information content (AvgIpc) is 2.82. The lowest BCUT2D eigenvalue weighted by atomic mass is 10.1. The first kappa shape index (κ1) is 16.2. The molecule has 9 heteroatoms. The topological polar surface area (TPSA) is 77.8 Å². The Morgan fingerprint density at radius 2 is 1.81 bits per heavy atom. The first-order valence-electron chi connectivity index (χ1n) is 6.09. The second-order valence-electron chi connectivity index (χ2n) is 4.99. The Morgan fingerprint density at radius 1 is 1.24 bits per heavy atom. The molecule has 0 bridgehead atoms. The molecule has 1 saturated heterocycles. The van der Waals surface area contributed by atoms with Gasteiger partial charge < -0.3 is 10.2 Å². The largest absolute Gasteiger partial charge is 0.416 e. The lowest BCUT2D eigenvalue weighted by molar-refractivity contribution is -0.137. The summed E-state index contributed by atoms with van der Waals surface area (Å²) in [6.45, 7) is -0.862. The maximum atomic E-state index is 12.4. The third-order valence-corrected chi connectivity index (χ3v) is 5.27. The van der Waals surface area contributed by atoms with Crippen LogP contribution in [0.4, 0.5) is 13.2 Å². The summed E-state index contributed by atoms with van der Waals surface area (Å²) < 4.78 is 62.8. The summed E-state index contributed by atoms with van der Waals surface area (Å²) in [5.41, 5.74) is -2.44. The lowest BCUT2D eigenvalue weighted by Gasteiger charge is -2.21. The van der Waals surface area contributed by atoms with Crippen molar-refractivity contribution >= 4 is 10.0 Å². The summed E-state index contributed by atoms with van der Waals surface area (Å²) in [4.78, 5) is -0.280. The van der Waals surface area contributed by atoms with E-state index in [9.17, 15) is 26.7 Å². The van der Waals surface area contributed by atoms with E-state index in [1.807, 2.05) is 0 Å². The summed E-state index contributed by atoms with van der Waals surface area (Å²) in [6.07, 6.45) is -4.46. The molecule has 5 nitrogen and oxygen atoms in total. The maximum Gasteiger partial charge on any atom is 0.416 e. The highest BCUT2D eigenvalue weighted by atomic mass is 32.2. The van der Waals surface area contributed by atoms with Crippen molar-refractivity contribution in [3.63, 3.8) is 0 Å². The molecule has 0 saturated carbocycles. The minimum atomic E-state index is -4.53. The van der Waals surface area contributed by atoms with Gasteiger partial charge in [0.15, 0.2) is 0 Å². The van der Waals surface area contributed by atoms with E-state index in [-0.39, 0.29) is 24.4 Å². The molecule has 1 aliphatic heterocycles. The van der Waals surface area contributed by atoms with Crippen molar-refractivity contribution in [3.05, 3.63) is 29.8 Å². The van der Waals surface area contributed by atoms with Crippen LogP contribution in [0.5, 0.6) is 0 Å². The van der Waals surface area contributed by atoms with Crippen molar-refractivity contribution in [2.24, 2.45) is 0 Å². The number of rotatable bonds is 3. The summed E-state index contributed by atoms with van der Waals surface area (Å²) in [7, 11) is -3.99. The zero-order chi connectivity index (χ0) is 15.9. The first-order valence-corrected chi connectivity index (χ1v) is 7.53. The number of benzene rings is 1. The minimum absolute atomic E-state index is 0.000412. The fraction of sp³-hybridized carbons (Fsp3) is 0.500. The van der Waals surface area contributed by atoms with E-state index in [0.717, 1.165) is 16.4 Å². The number of hydrogen-bond acceptors (Lipinski definition) is 4. The molecule has 21 heavy (non-hydrogen) atoms. The SMILES string of the molecule is O=S(=O)(c1ccc(C(F)(F)F)cc1)N1CCC(O)(CO)C1. The van der Waals surface area contributed by atoms with Gasteiger partial charge in [0, 0.05) is 13.1 Å². The second-order valence-corrected chi connectivity index (χ2v) is 6.93. The molecule has 1 heterocycles. The minimum Gasteiger partial charge on any atom is -0.393 e. The van der Waals surface area contributed by atoms with Crippen LogP contribution < -0.4 is 0 Å². The van der Waals surface area contributed by atoms with Gasteiger partial charge in [-0.25, -0.2) is 8.42 Å². The maximum absolute atomic E-state index is 12.4. The van der Waals surface area contributed by atoms with Crippen LogP contribution in [0.3, 0.4) is 0 Å². The molecular formula is C12H14F3NO4S. The van der Waals surface area contributed by atoms with Crippen LogP contribution in [0, 0.1) is 0 Å². The number of halogens is 3. The van der Waals surface area contributed by atoms with Crippen LogP contribution in [0.15, 0.2) is 29.2 Å². The van der Waals surface area contributed by atoms with Gasteiger partial charge in [0.25, 0.3) is 0 Å². The van der Waals surface area contributed by atoms with Crippen LogP contribution in [0.2, 0.25) is 0 Å². The molecule has 2 N–H and O–H groups in total. The summed E-state index contributed by atoms with van der Waals surface area (Å²) in [5.74, 6) is 0. The van der Waals surface area contributed by atoms with Gasteiger partial charge in [0.2, 0.25) is 10.0 Å². The molecule has 1 fully saturated rings.